The lowest BCUT2D eigenvalue weighted by Gasteiger charge is -2.09. The molecular weight excluding hydrogens is 495 g/mol. The van der Waals surface area contributed by atoms with Crippen molar-refractivity contribution >= 4 is 45.3 Å². The number of phenols is 1. The number of aromatic hydroxyl groups is 1. The van der Waals surface area contributed by atoms with Crippen molar-refractivity contribution in [2.45, 2.75) is 13.8 Å². The van der Waals surface area contributed by atoms with Gasteiger partial charge in [0.2, 0.25) is 5.89 Å². The van der Waals surface area contributed by atoms with E-state index in [0.717, 1.165) is 20.2 Å². The average Bonchev–Trinajstić information content (AvgIpc) is 3.10. The number of anilines is 1. The largest absolute Gasteiger partial charge is 0.507 e. The van der Waals surface area contributed by atoms with Crippen LogP contribution < -0.4 is 10.1 Å². The zero-order chi connectivity index (χ0) is 21.3. The van der Waals surface area contributed by atoms with Crippen molar-refractivity contribution in [1.82, 2.24) is 4.98 Å². The fraction of sp³-hybridized carbons (Fsp3) is 0.130. The number of nitrogens with zero attached hydrogens (tertiary/aromatic N) is 1. The molecule has 4 rings (SSSR count). The molecule has 7 heteroatoms. The molecule has 152 valence electrons. The molecule has 0 unspecified atom stereocenters. The number of rotatable bonds is 5. The summed E-state index contributed by atoms with van der Waals surface area (Å²) in [5.74, 6) is 0.581. The fourth-order valence-corrected chi connectivity index (χ4v) is 3.32. The summed E-state index contributed by atoms with van der Waals surface area (Å²) in [4.78, 5) is 16.6. The number of carbonyl (C=O) groups is 1. The predicted molar refractivity (Wildman–Crippen MR) is 124 cm³/mol. The second-order valence-electron chi connectivity index (χ2n) is 6.95. The van der Waals surface area contributed by atoms with Crippen LogP contribution in [0.25, 0.3) is 22.6 Å². The van der Waals surface area contributed by atoms with E-state index in [1.54, 1.807) is 24.3 Å². The molecule has 0 atom stereocenters. The van der Waals surface area contributed by atoms with E-state index in [4.69, 9.17) is 9.15 Å². The molecule has 0 saturated carbocycles. The van der Waals surface area contributed by atoms with Crippen molar-refractivity contribution in [1.29, 1.82) is 0 Å². The van der Waals surface area contributed by atoms with Gasteiger partial charge >= 0.3 is 0 Å². The predicted octanol–water partition coefficient (Wildman–Crippen LogP) is 5.44. The topological polar surface area (TPSA) is 84.6 Å². The van der Waals surface area contributed by atoms with Gasteiger partial charge in [0.25, 0.3) is 5.91 Å². The summed E-state index contributed by atoms with van der Waals surface area (Å²) in [6.45, 7) is 3.89. The first-order chi connectivity index (χ1) is 14.4. The van der Waals surface area contributed by atoms with Gasteiger partial charge in [-0.1, -0.05) is 0 Å². The number of oxazole rings is 1. The maximum atomic E-state index is 12.2. The summed E-state index contributed by atoms with van der Waals surface area (Å²) in [6, 6.07) is 16.1. The third kappa shape index (κ3) is 4.40. The Morgan fingerprint density at radius 3 is 2.57 bits per heavy atom. The molecule has 2 N–H and O–H groups in total. The van der Waals surface area contributed by atoms with E-state index in [1.807, 2.05) is 38.1 Å². The summed E-state index contributed by atoms with van der Waals surface area (Å²) in [5.41, 5.74) is 4.54. The Balaban J connectivity index is 1.46. The molecule has 0 saturated heterocycles. The highest BCUT2D eigenvalue weighted by Crippen LogP contribution is 2.33. The van der Waals surface area contributed by atoms with Crippen LogP contribution in [0.3, 0.4) is 0 Å². The van der Waals surface area contributed by atoms with Gasteiger partial charge in [-0.25, -0.2) is 4.98 Å². The third-order valence-corrected chi connectivity index (χ3v) is 5.42. The molecule has 0 aliphatic carbocycles. The maximum Gasteiger partial charge on any atom is 0.262 e. The Kier molecular flexibility index (Phi) is 5.63. The van der Waals surface area contributed by atoms with E-state index >= 15 is 0 Å². The molecule has 30 heavy (non-hydrogen) atoms. The molecule has 3 aromatic carbocycles. The van der Waals surface area contributed by atoms with Gasteiger partial charge in [-0.15, -0.1) is 0 Å². The summed E-state index contributed by atoms with van der Waals surface area (Å²) in [5, 5.41) is 13.2. The number of nitrogens with one attached hydrogen (secondary N) is 1. The number of aryl methyl sites for hydroxylation is 2. The van der Waals surface area contributed by atoms with Crippen LogP contribution in [0.4, 0.5) is 5.69 Å². The average molecular weight is 514 g/mol. The van der Waals surface area contributed by atoms with Crippen molar-refractivity contribution in [2.75, 3.05) is 11.9 Å². The molecule has 0 bridgehead atoms. The lowest BCUT2D eigenvalue weighted by molar-refractivity contribution is -0.118. The molecular formula is C23H19IN2O4. The number of amides is 1. The van der Waals surface area contributed by atoms with Crippen LogP contribution in [0.15, 0.2) is 59.0 Å². The lowest BCUT2D eigenvalue weighted by atomic mass is 10.1. The normalized spacial score (nSPS) is 10.9. The SMILES string of the molecule is Cc1cc2nc(-c3ccc(NC(=O)COc4ccc(I)cc4)cc3O)oc2cc1C. The highest BCUT2D eigenvalue weighted by molar-refractivity contribution is 14.1. The highest BCUT2D eigenvalue weighted by Gasteiger charge is 2.14. The molecule has 0 aliphatic rings. The van der Waals surface area contributed by atoms with E-state index in [2.05, 4.69) is 32.9 Å². The zero-order valence-electron chi connectivity index (χ0n) is 16.4. The second-order valence-corrected chi connectivity index (χ2v) is 8.19. The van der Waals surface area contributed by atoms with Crippen LogP contribution in [0.2, 0.25) is 0 Å². The summed E-state index contributed by atoms with van der Waals surface area (Å²) >= 11 is 2.20. The number of halogens is 1. The van der Waals surface area contributed by atoms with E-state index in [9.17, 15) is 9.90 Å². The van der Waals surface area contributed by atoms with Crippen molar-refractivity contribution < 1.29 is 19.1 Å². The van der Waals surface area contributed by atoms with Crippen molar-refractivity contribution in [3.8, 4) is 23.0 Å². The number of aromatic nitrogens is 1. The number of phenolic OH excluding ortho intramolecular Hbond substituents is 1. The standard InChI is InChI=1S/C23H19IN2O4/c1-13-9-19-21(10-14(13)2)30-23(26-19)18-8-5-16(11-20(18)27)25-22(28)12-29-17-6-3-15(24)4-7-17/h3-11,27H,12H2,1-2H3,(H,25,28). The van der Waals surface area contributed by atoms with E-state index in [1.165, 1.54) is 6.07 Å². The van der Waals surface area contributed by atoms with Crippen LogP contribution in [0.1, 0.15) is 11.1 Å². The summed E-state index contributed by atoms with van der Waals surface area (Å²) in [7, 11) is 0. The minimum Gasteiger partial charge on any atom is -0.507 e. The number of hydrogen-bond acceptors (Lipinski definition) is 5. The molecule has 6 nitrogen and oxygen atoms in total. The van der Waals surface area contributed by atoms with Gasteiger partial charge in [0.15, 0.2) is 12.2 Å². The minimum atomic E-state index is -0.325. The van der Waals surface area contributed by atoms with E-state index in [-0.39, 0.29) is 18.3 Å². The molecule has 4 aromatic rings. The van der Waals surface area contributed by atoms with Gasteiger partial charge in [-0.3, -0.25) is 4.79 Å². The monoisotopic (exact) mass is 514 g/mol. The Hall–Kier alpha value is -3.07. The molecule has 0 spiro atoms. The Labute approximate surface area is 187 Å². The molecule has 0 aliphatic heterocycles. The van der Waals surface area contributed by atoms with Crippen LogP contribution >= 0.6 is 22.6 Å². The lowest BCUT2D eigenvalue weighted by Crippen LogP contribution is -2.20. The second kappa shape index (κ2) is 8.35. The van der Waals surface area contributed by atoms with Gasteiger partial charge in [0, 0.05) is 15.3 Å². The summed E-state index contributed by atoms with van der Waals surface area (Å²) in [6.07, 6.45) is 0. The molecule has 1 heterocycles. The zero-order valence-corrected chi connectivity index (χ0v) is 18.6. The van der Waals surface area contributed by atoms with Gasteiger partial charge in [0.05, 0.1) is 5.56 Å². The molecule has 0 fully saturated rings. The summed E-state index contributed by atoms with van der Waals surface area (Å²) < 4.78 is 12.4. The van der Waals surface area contributed by atoms with Crippen LogP contribution in [-0.2, 0) is 4.79 Å². The Morgan fingerprint density at radius 2 is 1.83 bits per heavy atom. The van der Waals surface area contributed by atoms with Gasteiger partial charge in [-0.05, 0) is 96.1 Å². The number of ether oxygens (including phenoxy) is 1. The smallest absolute Gasteiger partial charge is 0.262 e. The third-order valence-electron chi connectivity index (χ3n) is 4.70. The number of benzene rings is 3. The maximum absolute atomic E-state index is 12.2. The van der Waals surface area contributed by atoms with E-state index < -0.39 is 0 Å². The quantitative estimate of drug-likeness (QED) is 0.347. The van der Waals surface area contributed by atoms with Crippen molar-refractivity contribution in [3.05, 3.63) is 69.3 Å². The van der Waals surface area contributed by atoms with Crippen molar-refractivity contribution in [2.24, 2.45) is 0 Å². The Bertz CT molecular complexity index is 1190. The molecule has 1 aromatic heterocycles. The van der Waals surface area contributed by atoms with Crippen LogP contribution in [0, 0.1) is 17.4 Å². The van der Waals surface area contributed by atoms with Crippen LogP contribution in [-0.4, -0.2) is 22.6 Å². The number of hydrogen-bond donors (Lipinski definition) is 2. The molecule has 0 radical (unpaired) electrons. The van der Waals surface area contributed by atoms with Crippen LogP contribution in [0.5, 0.6) is 11.5 Å². The highest BCUT2D eigenvalue weighted by atomic mass is 127. The van der Waals surface area contributed by atoms with E-state index in [0.29, 0.717) is 28.5 Å². The minimum absolute atomic E-state index is 0.0358. The first kappa shape index (κ1) is 20.2. The Morgan fingerprint density at radius 1 is 1.10 bits per heavy atom. The number of fused-ring (bicyclic) bond motifs is 1. The first-order valence-corrected chi connectivity index (χ1v) is 10.4. The molecule has 1 amide bonds. The van der Waals surface area contributed by atoms with Gasteiger partial charge in [-0.2, -0.15) is 0 Å². The first-order valence-electron chi connectivity index (χ1n) is 9.28. The van der Waals surface area contributed by atoms with Gasteiger partial charge in [0.1, 0.15) is 17.0 Å². The number of carbonyl (C=O) groups excluding carboxylic acids is 1. The van der Waals surface area contributed by atoms with Crippen molar-refractivity contribution in [3.63, 3.8) is 0 Å². The van der Waals surface area contributed by atoms with Gasteiger partial charge < -0.3 is 19.6 Å². The fourth-order valence-electron chi connectivity index (χ4n) is 2.96.